The van der Waals surface area contributed by atoms with Crippen LogP contribution in [0.3, 0.4) is 0 Å². The van der Waals surface area contributed by atoms with Crippen molar-refractivity contribution >= 4 is 0 Å². The van der Waals surface area contributed by atoms with E-state index in [4.69, 9.17) is 5.73 Å². The fraction of sp³-hybridized carbons (Fsp3) is 0.538. The Labute approximate surface area is 99.4 Å². The molecular formula is C13H17F2NO. The van der Waals surface area contributed by atoms with Crippen LogP contribution in [-0.4, -0.2) is 11.7 Å². The summed E-state index contributed by atoms with van der Waals surface area (Å²) in [5, 5.41) is 9.38. The molecule has 1 aliphatic carbocycles. The summed E-state index contributed by atoms with van der Waals surface area (Å²) in [7, 11) is 0. The second-order valence-electron chi connectivity index (χ2n) is 4.83. The molecule has 4 heteroatoms. The van der Waals surface area contributed by atoms with E-state index in [1.54, 1.807) is 0 Å². The molecule has 0 saturated heterocycles. The highest BCUT2D eigenvalue weighted by Gasteiger charge is 2.35. The molecule has 0 unspecified atom stereocenters. The molecule has 1 fully saturated rings. The van der Waals surface area contributed by atoms with E-state index < -0.39 is 22.8 Å². The highest BCUT2D eigenvalue weighted by atomic mass is 19.1. The maximum absolute atomic E-state index is 13.8. The molecule has 94 valence electrons. The van der Waals surface area contributed by atoms with Gasteiger partial charge in [-0.2, -0.15) is 0 Å². The molecule has 0 atom stereocenters. The minimum atomic E-state index is -0.922. The Morgan fingerprint density at radius 1 is 1.12 bits per heavy atom. The zero-order chi connectivity index (χ0) is 12.5. The first-order valence-corrected chi connectivity index (χ1v) is 5.98. The van der Waals surface area contributed by atoms with Crippen molar-refractivity contribution < 1.29 is 13.9 Å². The lowest BCUT2D eigenvalue weighted by Gasteiger charge is -2.37. The Bertz CT molecular complexity index is 414. The van der Waals surface area contributed by atoms with Crippen molar-refractivity contribution in [3.05, 3.63) is 29.3 Å². The number of phenolic OH excluding ortho intramolecular Hbond substituents is 1. The molecule has 1 aliphatic rings. The van der Waals surface area contributed by atoms with Gasteiger partial charge in [-0.15, -0.1) is 0 Å². The third kappa shape index (κ3) is 2.14. The summed E-state index contributed by atoms with van der Waals surface area (Å²) >= 11 is 0. The Morgan fingerprint density at radius 3 is 2.35 bits per heavy atom. The van der Waals surface area contributed by atoms with E-state index in [2.05, 4.69) is 0 Å². The second kappa shape index (κ2) is 4.61. The van der Waals surface area contributed by atoms with Gasteiger partial charge in [0.1, 0.15) is 5.82 Å². The monoisotopic (exact) mass is 241 g/mol. The lowest BCUT2D eigenvalue weighted by molar-refractivity contribution is 0.289. The van der Waals surface area contributed by atoms with Crippen molar-refractivity contribution in [2.24, 2.45) is 5.73 Å². The molecule has 1 aromatic rings. The maximum atomic E-state index is 13.8. The van der Waals surface area contributed by atoms with E-state index in [0.717, 1.165) is 38.2 Å². The molecule has 1 aromatic carbocycles. The molecule has 2 rings (SSSR count). The second-order valence-corrected chi connectivity index (χ2v) is 4.83. The summed E-state index contributed by atoms with van der Waals surface area (Å²) in [6, 6.07) is 1.94. The van der Waals surface area contributed by atoms with Crippen LogP contribution in [0.25, 0.3) is 0 Å². The van der Waals surface area contributed by atoms with Gasteiger partial charge in [-0.25, -0.2) is 8.78 Å². The standard InChI is InChI=1S/C13H17F2NO/c14-10-7-11(15)12(17)6-9(10)13(8-16)4-2-1-3-5-13/h6-7,17H,1-5,8,16H2. The largest absolute Gasteiger partial charge is 0.505 e. The van der Waals surface area contributed by atoms with Crippen LogP contribution in [0, 0.1) is 11.6 Å². The molecule has 0 spiro atoms. The van der Waals surface area contributed by atoms with Crippen LogP contribution < -0.4 is 5.73 Å². The SMILES string of the molecule is NCC1(c2cc(O)c(F)cc2F)CCCCC1. The van der Waals surface area contributed by atoms with Gasteiger partial charge in [-0.05, 0) is 24.5 Å². The van der Waals surface area contributed by atoms with Crippen molar-refractivity contribution in [3.63, 3.8) is 0 Å². The number of rotatable bonds is 2. The minimum absolute atomic E-state index is 0.328. The normalized spacial score (nSPS) is 19.2. The molecule has 0 aliphatic heterocycles. The molecule has 0 aromatic heterocycles. The zero-order valence-corrected chi connectivity index (χ0v) is 9.68. The van der Waals surface area contributed by atoms with Gasteiger partial charge in [-0.3, -0.25) is 0 Å². The summed E-state index contributed by atoms with van der Waals surface area (Å²) in [5.41, 5.74) is 5.71. The third-order valence-corrected chi connectivity index (χ3v) is 3.81. The first-order valence-electron chi connectivity index (χ1n) is 5.98. The average Bonchev–Trinajstić information content (AvgIpc) is 2.34. The molecule has 17 heavy (non-hydrogen) atoms. The molecule has 2 nitrogen and oxygen atoms in total. The summed E-state index contributed by atoms with van der Waals surface area (Å²) in [4.78, 5) is 0. The van der Waals surface area contributed by atoms with Crippen molar-refractivity contribution in [1.82, 2.24) is 0 Å². The zero-order valence-electron chi connectivity index (χ0n) is 9.68. The fourth-order valence-electron chi connectivity index (χ4n) is 2.76. The van der Waals surface area contributed by atoms with Crippen molar-refractivity contribution in [3.8, 4) is 5.75 Å². The number of halogens is 2. The summed E-state index contributed by atoms with van der Waals surface area (Å²) in [5.74, 6) is -2.03. The number of aromatic hydroxyl groups is 1. The smallest absolute Gasteiger partial charge is 0.167 e. The van der Waals surface area contributed by atoms with E-state index in [1.165, 1.54) is 6.07 Å². The van der Waals surface area contributed by atoms with Gasteiger partial charge >= 0.3 is 0 Å². The Balaban J connectivity index is 2.46. The highest BCUT2D eigenvalue weighted by molar-refractivity contribution is 5.36. The van der Waals surface area contributed by atoms with Gasteiger partial charge in [0.15, 0.2) is 11.6 Å². The number of phenols is 1. The van der Waals surface area contributed by atoms with Crippen LogP contribution in [0.4, 0.5) is 8.78 Å². The van der Waals surface area contributed by atoms with E-state index >= 15 is 0 Å². The molecule has 0 amide bonds. The first-order chi connectivity index (χ1) is 8.09. The topological polar surface area (TPSA) is 46.2 Å². The highest BCUT2D eigenvalue weighted by Crippen LogP contribution is 2.41. The molecule has 1 saturated carbocycles. The predicted octanol–water partition coefficient (Wildman–Crippen LogP) is 2.83. The van der Waals surface area contributed by atoms with Crippen molar-refractivity contribution in [1.29, 1.82) is 0 Å². The quantitative estimate of drug-likeness (QED) is 0.836. The van der Waals surface area contributed by atoms with Crippen molar-refractivity contribution in [2.45, 2.75) is 37.5 Å². The predicted molar refractivity (Wildman–Crippen MR) is 61.8 cm³/mol. The van der Waals surface area contributed by atoms with E-state index in [9.17, 15) is 13.9 Å². The fourth-order valence-corrected chi connectivity index (χ4v) is 2.76. The number of hydrogen-bond acceptors (Lipinski definition) is 2. The minimum Gasteiger partial charge on any atom is -0.505 e. The van der Waals surface area contributed by atoms with Gasteiger partial charge < -0.3 is 10.8 Å². The molecule has 0 radical (unpaired) electrons. The summed E-state index contributed by atoms with van der Waals surface area (Å²) < 4.78 is 26.9. The maximum Gasteiger partial charge on any atom is 0.167 e. The van der Waals surface area contributed by atoms with E-state index in [1.807, 2.05) is 0 Å². The van der Waals surface area contributed by atoms with Crippen LogP contribution in [0.2, 0.25) is 0 Å². The number of benzene rings is 1. The molecule has 0 bridgehead atoms. The lowest BCUT2D eigenvalue weighted by Crippen LogP contribution is -2.38. The average molecular weight is 241 g/mol. The van der Waals surface area contributed by atoms with Crippen LogP contribution in [0.5, 0.6) is 5.75 Å². The summed E-state index contributed by atoms with van der Waals surface area (Å²) in [6.45, 7) is 0.328. The molecule has 0 heterocycles. The van der Waals surface area contributed by atoms with Gasteiger partial charge in [0.05, 0.1) is 0 Å². The van der Waals surface area contributed by atoms with Crippen molar-refractivity contribution in [2.75, 3.05) is 6.54 Å². The van der Waals surface area contributed by atoms with Crippen LogP contribution in [-0.2, 0) is 5.41 Å². The number of nitrogens with two attached hydrogens (primary N) is 1. The van der Waals surface area contributed by atoms with Gasteiger partial charge in [0.25, 0.3) is 0 Å². The number of hydrogen-bond donors (Lipinski definition) is 2. The van der Waals surface area contributed by atoms with Crippen LogP contribution >= 0.6 is 0 Å². The van der Waals surface area contributed by atoms with Gasteiger partial charge in [0, 0.05) is 18.0 Å². The summed E-state index contributed by atoms with van der Waals surface area (Å²) in [6.07, 6.45) is 4.71. The lowest BCUT2D eigenvalue weighted by atomic mass is 9.69. The third-order valence-electron chi connectivity index (χ3n) is 3.81. The van der Waals surface area contributed by atoms with Gasteiger partial charge in [0.2, 0.25) is 0 Å². The van der Waals surface area contributed by atoms with E-state index in [-0.39, 0.29) is 0 Å². The Kier molecular flexibility index (Phi) is 3.33. The van der Waals surface area contributed by atoms with E-state index in [0.29, 0.717) is 12.1 Å². The molecular weight excluding hydrogens is 224 g/mol. The van der Waals surface area contributed by atoms with Crippen LogP contribution in [0.1, 0.15) is 37.7 Å². The van der Waals surface area contributed by atoms with Crippen LogP contribution in [0.15, 0.2) is 12.1 Å². The van der Waals surface area contributed by atoms with Gasteiger partial charge in [-0.1, -0.05) is 19.3 Å². The first kappa shape index (κ1) is 12.3. The molecule has 3 N–H and O–H groups in total. The Hall–Kier alpha value is -1.16. The Morgan fingerprint density at radius 2 is 1.76 bits per heavy atom.